The number of hydrogen-bond donors (Lipinski definition) is 2. The van der Waals surface area contributed by atoms with Gasteiger partial charge in [0, 0.05) is 12.1 Å². The van der Waals surface area contributed by atoms with Crippen LogP contribution < -0.4 is 11.1 Å². The predicted octanol–water partition coefficient (Wildman–Crippen LogP) is 2.86. The van der Waals surface area contributed by atoms with Gasteiger partial charge in [-0.25, -0.2) is 4.98 Å². The predicted molar refractivity (Wildman–Crippen MR) is 79.0 cm³/mol. The molecule has 0 aliphatic carbocycles. The molecule has 0 bridgehead atoms. The Bertz CT molecular complexity index is 596. The van der Waals surface area contributed by atoms with E-state index in [9.17, 15) is 4.79 Å². The van der Waals surface area contributed by atoms with E-state index in [0.717, 1.165) is 21.4 Å². The smallest absolute Gasteiger partial charge is 0.248 e. The summed E-state index contributed by atoms with van der Waals surface area (Å²) in [5, 5.41) is 3.28. The van der Waals surface area contributed by atoms with Crippen LogP contribution in [0.25, 0.3) is 0 Å². The quantitative estimate of drug-likeness (QED) is 0.851. The number of aryl methyl sites for hydroxylation is 1. The van der Waals surface area contributed by atoms with Gasteiger partial charge in [0.25, 0.3) is 0 Å². The van der Waals surface area contributed by atoms with E-state index in [2.05, 4.69) is 26.2 Å². The van der Waals surface area contributed by atoms with Gasteiger partial charge in [-0.1, -0.05) is 12.1 Å². The zero-order valence-corrected chi connectivity index (χ0v) is 12.1. The maximum Gasteiger partial charge on any atom is 0.248 e. The van der Waals surface area contributed by atoms with Crippen molar-refractivity contribution in [2.24, 2.45) is 5.73 Å². The number of hydrogen-bond acceptors (Lipinski definition) is 3. The summed E-state index contributed by atoms with van der Waals surface area (Å²) in [5.74, 6) is -0.410. The molecule has 1 aromatic carbocycles. The molecule has 0 saturated heterocycles. The number of nitrogens with zero attached hydrogens (tertiary/aromatic N) is 1. The van der Waals surface area contributed by atoms with Crippen LogP contribution in [0.15, 0.2) is 41.1 Å². The average Bonchev–Trinajstić information content (AvgIpc) is 2.40. The normalized spacial score (nSPS) is 10.2. The molecule has 0 fully saturated rings. The summed E-state index contributed by atoms with van der Waals surface area (Å²) >= 11 is 3.36. The lowest BCUT2D eigenvalue weighted by Gasteiger charge is -2.08. The molecular weight excluding hydrogens is 306 g/mol. The molecule has 0 aliphatic rings. The molecule has 0 atom stereocenters. The van der Waals surface area contributed by atoms with E-state index < -0.39 is 5.91 Å². The third-order valence-corrected chi connectivity index (χ3v) is 3.58. The van der Waals surface area contributed by atoms with Crippen molar-refractivity contribution in [1.29, 1.82) is 0 Å². The van der Waals surface area contributed by atoms with Crippen molar-refractivity contribution >= 4 is 27.5 Å². The van der Waals surface area contributed by atoms with Gasteiger partial charge in [-0.15, -0.1) is 0 Å². The maximum absolute atomic E-state index is 11.0. The average molecular weight is 320 g/mol. The summed E-state index contributed by atoms with van der Waals surface area (Å²) in [6, 6.07) is 9.24. The number of carbonyl (C=O) groups is 1. The van der Waals surface area contributed by atoms with Crippen LogP contribution in [-0.2, 0) is 6.54 Å². The van der Waals surface area contributed by atoms with Gasteiger partial charge in [0.15, 0.2) is 0 Å². The van der Waals surface area contributed by atoms with E-state index in [0.29, 0.717) is 12.1 Å². The van der Waals surface area contributed by atoms with Gasteiger partial charge in [-0.2, -0.15) is 0 Å². The van der Waals surface area contributed by atoms with Crippen molar-refractivity contribution in [3.8, 4) is 0 Å². The minimum absolute atomic E-state index is 0.410. The number of primary amides is 1. The molecule has 98 valence electrons. The highest BCUT2D eigenvalue weighted by atomic mass is 79.9. The molecule has 0 aliphatic heterocycles. The summed E-state index contributed by atoms with van der Waals surface area (Å²) in [6.45, 7) is 2.66. The van der Waals surface area contributed by atoms with Crippen molar-refractivity contribution in [3.05, 3.63) is 57.8 Å². The number of anilines is 1. The molecule has 19 heavy (non-hydrogen) atoms. The number of amides is 1. The molecule has 2 rings (SSSR count). The number of benzene rings is 1. The zero-order valence-electron chi connectivity index (χ0n) is 10.5. The van der Waals surface area contributed by atoms with E-state index in [1.807, 2.05) is 25.1 Å². The number of aromatic nitrogens is 1. The summed E-state index contributed by atoms with van der Waals surface area (Å²) in [7, 11) is 0. The fourth-order valence-electron chi connectivity index (χ4n) is 1.65. The summed E-state index contributed by atoms with van der Waals surface area (Å²) in [5.41, 5.74) is 8.82. The maximum atomic E-state index is 11.0. The molecule has 0 spiro atoms. The first-order valence-corrected chi connectivity index (χ1v) is 6.60. The molecule has 4 nitrogen and oxygen atoms in total. The van der Waals surface area contributed by atoms with Crippen LogP contribution in [0.3, 0.4) is 0 Å². The molecule has 1 aromatic heterocycles. The van der Waals surface area contributed by atoms with Crippen molar-refractivity contribution in [2.45, 2.75) is 13.5 Å². The first kappa shape index (κ1) is 13.5. The van der Waals surface area contributed by atoms with Crippen LogP contribution in [0.4, 0.5) is 5.69 Å². The highest BCUT2D eigenvalue weighted by molar-refractivity contribution is 9.10. The van der Waals surface area contributed by atoms with Gasteiger partial charge in [-0.3, -0.25) is 4.79 Å². The van der Waals surface area contributed by atoms with Gasteiger partial charge in [-0.05, 0) is 52.2 Å². The lowest BCUT2D eigenvalue weighted by Crippen LogP contribution is -2.10. The van der Waals surface area contributed by atoms with E-state index >= 15 is 0 Å². The Kier molecular flexibility index (Phi) is 4.16. The number of carbonyl (C=O) groups excluding carboxylic acids is 1. The second-order valence-electron chi connectivity index (χ2n) is 4.25. The SMILES string of the molecule is Cc1cc(NCc2ccc(C(N)=O)cc2)cnc1Br. The van der Waals surface area contributed by atoms with Crippen LogP contribution >= 0.6 is 15.9 Å². The summed E-state index contributed by atoms with van der Waals surface area (Å²) < 4.78 is 0.851. The standard InChI is InChI=1S/C14H14BrN3O/c1-9-6-12(8-18-13(9)15)17-7-10-2-4-11(5-3-10)14(16)19/h2-6,8,17H,7H2,1H3,(H2,16,19). The van der Waals surface area contributed by atoms with Crippen LogP contribution in [0.1, 0.15) is 21.5 Å². The van der Waals surface area contributed by atoms with E-state index in [1.165, 1.54) is 0 Å². The first-order chi connectivity index (χ1) is 9.06. The Balaban J connectivity index is 2.01. The number of nitrogens with two attached hydrogens (primary N) is 1. The monoisotopic (exact) mass is 319 g/mol. The number of nitrogens with one attached hydrogen (secondary N) is 1. The van der Waals surface area contributed by atoms with Gasteiger partial charge < -0.3 is 11.1 Å². The van der Waals surface area contributed by atoms with Crippen LogP contribution in [0.5, 0.6) is 0 Å². The van der Waals surface area contributed by atoms with Gasteiger partial charge in [0.1, 0.15) is 4.60 Å². The van der Waals surface area contributed by atoms with Gasteiger partial charge in [0.05, 0.1) is 11.9 Å². The Hall–Kier alpha value is -1.88. The Morgan fingerprint density at radius 1 is 1.37 bits per heavy atom. The third-order valence-electron chi connectivity index (χ3n) is 2.75. The number of halogens is 1. The minimum Gasteiger partial charge on any atom is -0.380 e. The largest absolute Gasteiger partial charge is 0.380 e. The molecule has 1 heterocycles. The van der Waals surface area contributed by atoms with Crippen molar-refractivity contribution in [3.63, 3.8) is 0 Å². The molecule has 5 heteroatoms. The van der Waals surface area contributed by atoms with E-state index in [4.69, 9.17) is 5.73 Å². The molecular formula is C14H14BrN3O. The molecule has 2 aromatic rings. The van der Waals surface area contributed by atoms with E-state index in [-0.39, 0.29) is 0 Å². The fourth-order valence-corrected chi connectivity index (χ4v) is 1.86. The molecule has 0 unspecified atom stereocenters. The Morgan fingerprint density at radius 2 is 2.05 bits per heavy atom. The Morgan fingerprint density at radius 3 is 2.63 bits per heavy atom. The molecule has 0 saturated carbocycles. The minimum atomic E-state index is -0.410. The third kappa shape index (κ3) is 3.54. The van der Waals surface area contributed by atoms with Crippen LogP contribution in [0.2, 0.25) is 0 Å². The lowest BCUT2D eigenvalue weighted by atomic mass is 10.1. The summed E-state index contributed by atoms with van der Waals surface area (Å²) in [6.07, 6.45) is 1.77. The Labute approximate surface area is 120 Å². The highest BCUT2D eigenvalue weighted by Crippen LogP contribution is 2.17. The van der Waals surface area contributed by atoms with Gasteiger partial charge in [0.2, 0.25) is 5.91 Å². The van der Waals surface area contributed by atoms with Crippen LogP contribution in [0, 0.1) is 6.92 Å². The highest BCUT2D eigenvalue weighted by Gasteiger charge is 2.01. The molecule has 0 radical (unpaired) electrons. The number of pyridine rings is 1. The zero-order chi connectivity index (χ0) is 13.8. The van der Waals surface area contributed by atoms with Gasteiger partial charge >= 0.3 is 0 Å². The second kappa shape index (κ2) is 5.84. The summed E-state index contributed by atoms with van der Waals surface area (Å²) in [4.78, 5) is 15.2. The number of rotatable bonds is 4. The molecule has 1 amide bonds. The topological polar surface area (TPSA) is 68.0 Å². The fraction of sp³-hybridized carbons (Fsp3) is 0.143. The first-order valence-electron chi connectivity index (χ1n) is 5.81. The molecule has 3 N–H and O–H groups in total. The van der Waals surface area contributed by atoms with E-state index in [1.54, 1.807) is 18.3 Å². The van der Waals surface area contributed by atoms with Crippen molar-refractivity contribution in [1.82, 2.24) is 4.98 Å². The van der Waals surface area contributed by atoms with Crippen molar-refractivity contribution < 1.29 is 4.79 Å². The van der Waals surface area contributed by atoms with Crippen LogP contribution in [-0.4, -0.2) is 10.9 Å². The van der Waals surface area contributed by atoms with Crippen molar-refractivity contribution in [2.75, 3.05) is 5.32 Å². The lowest BCUT2D eigenvalue weighted by molar-refractivity contribution is 0.100. The second-order valence-corrected chi connectivity index (χ2v) is 5.00.